The Hall–Kier alpha value is -1.59. The molecule has 1 rings (SSSR count). The normalized spacial score (nSPS) is 11.1. The molecule has 0 saturated carbocycles. The molecule has 0 saturated heterocycles. The van der Waals surface area contributed by atoms with E-state index in [0.717, 1.165) is 5.56 Å². The van der Waals surface area contributed by atoms with Crippen LogP contribution in [0.4, 0.5) is 0 Å². The second-order valence-electron chi connectivity index (χ2n) is 3.78. The lowest BCUT2D eigenvalue weighted by atomic mass is 10.0. The van der Waals surface area contributed by atoms with Gasteiger partial charge in [0, 0.05) is 13.0 Å². The van der Waals surface area contributed by atoms with Crippen LogP contribution in [-0.2, 0) is 14.3 Å². The Morgan fingerprint density at radius 2 is 1.84 bits per heavy atom. The van der Waals surface area contributed by atoms with Crippen LogP contribution in [0, 0.1) is 0 Å². The number of hydrogen-bond acceptors (Lipinski definition) is 5. The average molecular weight is 288 g/mol. The van der Waals surface area contributed by atoms with Gasteiger partial charge in [-0.25, -0.2) is 0 Å². The molecule has 0 unspecified atom stereocenters. The summed E-state index contributed by atoms with van der Waals surface area (Å²) in [5.41, 5.74) is 6.66. The van der Waals surface area contributed by atoms with Crippen molar-refractivity contribution in [3.8, 4) is 5.75 Å². The molecule has 0 fully saturated rings. The van der Waals surface area contributed by atoms with E-state index >= 15 is 0 Å². The smallest absolute Gasteiger partial charge is 0.308 e. The van der Waals surface area contributed by atoms with Gasteiger partial charge >= 0.3 is 11.9 Å². The van der Waals surface area contributed by atoms with Crippen molar-refractivity contribution in [2.75, 3.05) is 6.61 Å². The van der Waals surface area contributed by atoms with Gasteiger partial charge in [-0.05, 0) is 24.6 Å². The standard InChI is InChI=1S/C13H17NO4.ClH/c1-3-17-13(16)8-12(14)10-4-6-11(7-5-10)18-9(2)15;/h4-7,12H,3,8,14H2,1-2H3;1H/t12-;/m0./s1. The fraction of sp³-hybridized carbons (Fsp3) is 0.385. The molecule has 1 aromatic carbocycles. The molecule has 0 aliphatic rings. The molecule has 2 N–H and O–H groups in total. The fourth-order valence-corrected chi connectivity index (χ4v) is 1.47. The second-order valence-corrected chi connectivity index (χ2v) is 3.78. The summed E-state index contributed by atoms with van der Waals surface area (Å²) in [4.78, 5) is 22.0. The maximum atomic E-state index is 11.3. The first-order chi connectivity index (χ1) is 8.52. The first-order valence-corrected chi connectivity index (χ1v) is 5.72. The molecule has 0 heterocycles. The molecule has 0 aliphatic heterocycles. The van der Waals surface area contributed by atoms with E-state index in [1.54, 1.807) is 31.2 Å². The average Bonchev–Trinajstić information content (AvgIpc) is 2.29. The lowest BCUT2D eigenvalue weighted by Crippen LogP contribution is -2.17. The van der Waals surface area contributed by atoms with Gasteiger partial charge in [0.25, 0.3) is 0 Å². The number of carbonyl (C=O) groups excluding carboxylic acids is 2. The Balaban J connectivity index is 0.00000324. The summed E-state index contributed by atoms with van der Waals surface area (Å²) in [6, 6.07) is 6.31. The molecule has 0 bridgehead atoms. The molecular weight excluding hydrogens is 270 g/mol. The Morgan fingerprint density at radius 1 is 1.26 bits per heavy atom. The molecule has 0 aliphatic carbocycles. The predicted molar refractivity (Wildman–Crippen MR) is 73.2 cm³/mol. The van der Waals surface area contributed by atoms with Crippen molar-refractivity contribution < 1.29 is 19.1 Å². The molecule has 19 heavy (non-hydrogen) atoms. The second kappa shape index (κ2) is 8.50. The van der Waals surface area contributed by atoms with Crippen LogP contribution in [0.15, 0.2) is 24.3 Å². The van der Waals surface area contributed by atoms with Crippen LogP contribution in [0.5, 0.6) is 5.75 Å². The molecule has 5 nitrogen and oxygen atoms in total. The predicted octanol–water partition coefficient (Wildman–Crippen LogP) is 1.99. The van der Waals surface area contributed by atoms with Gasteiger partial charge in [0.1, 0.15) is 5.75 Å². The third-order valence-electron chi connectivity index (χ3n) is 2.26. The molecule has 1 aromatic rings. The van der Waals surface area contributed by atoms with E-state index in [4.69, 9.17) is 15.2 Å². The summed E-state index contributed by atoms with van der Waals surface area (Å²) < 4.78 is 9.72. The van der Waals surface area contributed by atoms with Crippen molar-refractivity contribution in [1.29, 1.82) is 0 Å². The van der Waals surface area contributed by atoms with Crippen molar-refractivity contribution in [3.05, 3.63) is 29.8 Å². The maximum absolute atomic E-state index is 11.3. The Bertz CT molecular complexity index is 419. The minimum Gasteiger partial charge on any atom is -0.466 e. The van der Waals surface area contributed by atoms with Crippen molar-refractivity contribution in [3.63, 3.8) is 0 Å². The number of rotatable bonds is 5. The van der Waals surface area contributed by atoms with Crippen LogP contribution in [0.3, 0.4) is 0 Å². The third-order valence-corrected chi connectivity index (χ3v) is 2.26. The first-order valence-electron chi connectivity index (χ1n) is 5.72. The number of carbonyl (C=O) groups is 2. The molecule has 0 aromatic heterocycles. The van der Waals surface area contributed by atoms with Crippen molar-refractivity contribution in [2.24, 2.45) is 5.73 Å². The Labute approximate surface area is 118 Å². The highest BCUT2D eigenvalue weighted by Gasteiger charge is 2.12. The zero-order valence-electron chi connectivity index (χ0n) is 10.9. The minimum absolute atomic E-state index is 0. The van der Waals surface area contributed by atoms with Gasteiger partial charge in [0.15, 0.2) is 0 Å². The van der Waals surface area contributed by atoms with E-state index in [2.05, 4.69) is 0 Å². The van der Waals surface area contributed by atoms with E-state index in [9.17, 15) is 9.59 Å². The summed E-state index contributed by atoms with van der Waals surface area (Å²) in [5.74, 6) is -0.248. The molecule has 0 amide bonds. The van der Waals surface area contributed by atoms with Crippen LogP contribution in [-0.4, -0.2) is 18.5 Å². The highest BCUT2D eigenvalue weighted by molar-refractivity contribution is 5.85. The lowest BCUT2D eigenvalue weighted by molar-refractivity contribution is -0.143. The van der Waals surface area contributed by atoms with Gasteiger partial charge in [0.2, 0.25) is 0 Å². The fourth-order valence-electron chi connectivity index (χ4n) is 1.47. The van der Waals surface area contributed by atoms with Crippen LogP contribution in [0.25, 0.3) is 0 Å². The topological polar surface area (TPSA) is 78.6 Å². The van der Waals surface area contributed by atoms with Gasteiger partial charge in [-0.2, -0.15) is 0 Å². The van der Waals surface area contributed by atoms with Crippen LogP contribution in [0.1, 0.15) is 31.9 Å². The number of ether oxygens (including phenoxy) is 2. The number of esters is 2. The number of halogens is 1. The molecule has 106 valence electrons. The van der Waals surface area contributed by atoms with E-state index in [1.165, 1.54) is 6.92 Å². The van der Waals surface area contributed by atoms with Gasteiger partial charge < -0.3 is 15.2 Å². The van der Waals surface area contributed by atoms with Crippen LogP contribution < -0.4 is 10.5 Å². The van der Waals surface area contributed by atoms with Gasteiger partial charge in [-0.15, -0.1) is 12.4 Å². The first kappa shape index (κ1) is 17.4. The summed E-state index contributed by atoms with van der Waals surface area (Å²) in [6.45, 7) is 3.43. The van der Waals surface area contributed by atoms with Crippen molar-refractivity contribution in [2.45, 2.75) is 26.3 Å². The van der Waals surface area contributed by atoms with Gasteiger partial charge in [0.05, 0.1) is 13.0 Å². The molecule has 1 atom stereocenters. The molecule has 0 spiro atoms. The van der Waals surface area contributed by atoms with Gasteiger partial charge in [-0.1, -0.05) is 12.1 Å². The largest absolute Gasteiger partial charge is 0.466 e. The monoisotopic (exact) mass is 287 g/mol. The number of hydrogen-bond donors (Lipinski definition) is 1. The SMILES string of the molecule is CCOC(=O)C[C@H](N)c1ccc(OC(C)=O)cc1.Cl. The highest BCUT2D eigenvalue weighted by Crippen LogP contribution is 2.19. The molecule has 0 radical (unpaired) electrons. The minimum atomic E-state index is -0.421. The Morgan fingerprint density at radius 3 is 2.32 bits per heavy atom. The zero-order chi connectivity index (χ0) is 13.5. The van der Waals surface area contributed by atoms with Crippen molar-refractivity contribution in [1.82, 2.24) is 0 Å². The summed E-state index contributed by atoms with van der Waals surface area (Å²) in [7, 11) is 0. The number of benzene rings is 1. The van der Waals surface area contributed by atoms with E-state index < -0.39 is 6.04 Å². The molecule has 6 heteroatoms. The van der Waals surface area contributed by atoms with Crippen molar-refractivity contribution >= 4 is 24.3 Å². The summed E-state index contributed by atoms with van der Waals surface area (Å²) in [6.07, 6.45) is 0.126. The van der Waals surface area contributed by atoms with E-state index in [0.29, 0.717) is 12.4 Å². The van der Waals surface area contributed by atoms with Gasteiger partial charge in [-0.3, -0.25) is 9.59 Å². The summed E-state index contributed by atoms with van der Waals surface area (Å²) in [5, 5.41) is 0. The maximum Gasteiger partial charge on any atom is 0.308 e. The third kappa shape index (κ3) is 6.22. The lowest BCUT2D eigenvalue weighted by Gasteiger charge is -2.11. The quantitative estimate of drug-likeness (QED) is 0.662. The van der Waals surface area contributed by atoms with E-state index in [-0.39, 0.29) is 30.8 Å². The summed E-state index contributed by atoms with van der Waals surface area (Å²) >= 11 is 0. The van der Waals surface area contributed by atoms with Crippen LogP contribution in [0.2, 0.25) is 0 Å². The number of nitrogens with two attached hydrogens (primary N) is 1. The van der Waals surface area contributed by atoms with E-state index in [1.807, 2.05) is 0 Å². The molecular formula is C13H18ClNO4. The van der Waals surface area contributed by atoms with Crippen LogP contribution >= 0.6 is 12.4 Å². The zero-order valence-corrected chi connectivity index (χ0v) is 11.7. The Kier molecular flexibility index (Phi) is 7.79. The highest BCUT2D eigenvalue weighted by atomic mass is 35.5.